The number of nitriles is 1. The van der Waals surface area contributed by atoms with E-state index in [0.29, 0.717) is 15.1 Å². The third kappa shape index (κ3) is 3.51. The summed E-state index contributed by atoms with van der Waals surface area (Å²) in [4.78, 5) is 0. The lowest BCUT2D eigenvalue weighted by Crippen LogP contribution is -2.08. The van der Waals surface area contributed by atoms with Gasteiger partial charge in [-0.05, 0) is 67.8 Å². The van der Waals surface area contributed by atoms with Crippen molar-refractivity contribution in [3.63, 3.8) is 0 Å². The second kappa shape index (κ2) is 6.57. The Bertz CT molecular complexity index is 685. The summed E-state index contributed by atoms with van der Waals surface area (Å²) in [6.07, 6.45) is 0. The van der Waals surface area contributed by atoms with Gasteiger partial charge in [0.1, 0.15) is 11.9 Å². The van der Waals surface area contributed by atoms with Gasteiger partial charge in [0.15, 0.2) is 0 Å². The Labute approximate surface area is 137 Å². The molecule has 1 N–H and O–H groups in total. The molecule has 0 spiro atoms. The maximum atomic E-state index is 13.5. The summed E-state index contributed by atoms with van der Waals surface area (Å²) < 4.78 is 14.6. The van der Waals surface area contributed by atoms with Crippen LogP contribution in [0.15, 0.2) is 45.3 Å². The molecule has 20 heavy (non-hydrogen) atoms. The molecule has 2 rings (SSSR count). The van der Waals surface area contributed by atoms with E-state index in [9.17, 15) is 9.65 Å². The number of nitrogens with zero attached hydrogens (tertiary/aromatic N) is 1. The average Bonchev–Trinajstić information content (AvgIpc) is 2.43. The Balaban J connectivity index is 2.26. The molecule has 0 radical (unpaired) electrons. The Morgan fingerprint density at radius 1 is 1.15 bits per heavy atom. The van der Waals surface area contributed by atoms with Crippen molar-refractivity contribution in [2.24, 2.45) is 0 Å². The van der Waals surface area contributed by atoms with Crippen molar-refractivity contribution >= 4 is 49.1 Å². The number of hydrogen-bond acceptors (Lipinski definition) is 2. The first kappa shape index (κ1) is 15.3. The highest BCUT2D eigenvalue weighted by Crippen LogP contribution is 2.28. The van der Waals surface area contributed by atoms with Crippen molar-refractivity contribution in [3.8, 4) is 6.07 Å². The lowest BCUT2D eigenvalue weighted by Gasteiger charge is -2.14. The predicted octanol–water partition coefficient (Wildman–Crippen LogP) is 5.68. The summed E-state index contributed by atoms with van der Waals surface area (Å²) in [6, 6.07) is 11.3. The number of anilines is 1. The van der Waals surface area contributed by atoms with E-state index in [1.807, 2.05) is 0 Å². The Morgan fingerprint density at radius 3 is 2.50 bits per heavy atom. The van der Waals surface area contributed by atoms with Gasteiger partial charge >= 0.3 is 0 Å². The molecule has 0 heterocycles. The topological polar surface area (TPSA) is 35.8 Å². The van der Waals surface area contributed by atoms with Gasteiger partial charge in [0, 0.05) is 10.2 Å². The molecule has 0 saturated heterocycles. The molecule has 1 atom stereocenters. The van der Waals surface area contributed by atoms with Gasteiger partial charge in [0.25, 0.3) is 0 Å². The van der Waals surface area contributed by atoms with Gasteiger partial charge in [-0.25, -0.2) is 4.39 Å². The molecular formula is C14H8Br2ClFN2. The number of benzene rings is 2. The molecule has 2 nitrogen and oxygen atoms in total. The normalized spacial score (nSPS) is 11.8. The maximum absolute atomic E-state index is 13.5. The highest BCUT2D eigenvalue weighted by atomic mass is 79.9. The fourth-order valence-electron chi connectivity index (χ4n) is 1.63. The van der Waals surface area contributed by atoms with Crippen LogP contribution >= 0.6 is 43.5 Å². The van der Waals surface area contributed by atoms with E-state index in [1.54, 1.807) is 30.3 Å². The quantitative estimate of drug-likeness (QED) is 0.696. The minimum absolute atomic E-state index is 0.368. The molecular weight excluding hydrogens is 410 g/mol. The lowest BCUT2D eigenvalue weighted by atomic mass is 10.1. The average molecular weight is 418 g/mol. The molecule has 0 aliphatic rings. The minimum Gasteiger partial charge on any atom is -0.366 e. The minimum atomic E-state index is -0.648. The van der Waals surface area contributed by atoms with Crippen molar-refractivity contribution < 1.29 is 4.39 Å². The molecule has 2 aromatic carbocycles. The third-order valence-corrected chi connectivity index (χ3v) is 4.49. The molecule has 0 aliphatic heterocycles. The fraction of sp³-hybridized carbons (Fsp3) is 0.0714. The largest absolute Gasteiger partial charge is 0.366 e. The van der Waals surface area contributed by atoms with Crippen LogP contribution in [-0.4, -0.2) is 0 Å². The van der Waals surface area contributed by atoms with E-state index < -0.39 is 11.9 Å². The smallest absolute Gasteiger partial charge is 0.140 e. The van der Waals surface area contributed by atoms with Crippen LogP contribution in [0.4, 0.5) is 10.1 Å². The summed E-state index contributed by atoms with van der Waals surface area (Å²) in [5.74, 6) is -0.401. The second-order valence-corrected chi connectivity index (χ2v) is 6.12. The highest BCUT2D eigenvalue weighted by molar-refractivity contribution is 9.10. The van der Waals surface area contributed by atoms with Gasteiger partial charge in [0.2, 0.25) is 0 Å². The van der Waals surface area contributed by atoms with Crippen LogP contribution in [0.1, 0.15) is 11.6 Å². The van der Waals surface area contributed by atoms with E-state index in [-0.39, 0.29) is 0 Å². The van der Waals surface area contributed by atoms with E-state index >= 15 is 0 Å². The maximum Gasteiger partial charge on any atom is 0.140 e. The summed E-state index contributed by atoms with van der Waals surface area (Å²) in [6.45, 7) is 0. The first-order valence-electron chi connectivity index (χ1n) is 5.57. The van der Waals surface area contributed by atoms with Crippen LogP contribution in [0.5, 0.6) is 0 Å². The molecule has 0 bridgehead atoms. The monoisotopic (exact) mass is 416 g/mol. The van der Waals surface area contributed by atoms with Gasteiger partial charge in [-0.3, -0.25) is 0 Å². The Hall–Kier alpha value is -1.09. The van der Waals surface area contributed by atoms with Crippen LogP contribution in [0.25, 0.3) is 0 Å². The zero-order valence-corrected chi connectivity index (χ0v) is 13.9. The molecule has 0 saturated carbocycles. The SMILES string of the molecule is N#CC(Nc1ccc(Cl)c(Br)c1)c1ccc(Br)c(F)c1. The van der Waals surface area contributed by atoms with Gasteiger partial charge in [-0.2, -0.15) is 5.26 Å². The van der Waals surface area contributed by atoms with E-state index in [0.717, 1.165) is 10.2 Å². The third-order valence-electron chi connectivity index (χ3n) is 2.64. The molecule has 0 aromatic heterocycles. The zero-order chi connectivity index (χ0) is 14.7. The zero-order valence-electron chi connectivity index (χ0n) is 10.0. The standard InChI is InChI=1S/C14H8Br2ClFN2/c15-10-3-1-8(5-13(10)18)14(7-19)20-9-2-4-12(17)11(16)6-9/h1-6,14,20H. The van der Waals surface area contributed by atoms with Gasteiger partial charge < -0.3 is 5.32 Å². The molecule has 102 valence electrons. The van der Waals surface area contributed by atoms with Crippen molar-refractivity contribution in [3.05, 3.63) is 61.7 Å². The van der Waals surface area contributed by atoms with Crippen molar-refractivity contribution in [1.29, 1.82) is 5.26 Å². The van der Waals surface area contributed by atoms with Crippen molar-refractivity contribution in [1.82, 2.24) is 0 Å². The highest BCUT2D eigenvalue weighted by Gasteiger charge is 2.13. The van der Waals surface area contributed by atoms with Crippen LogP contribution in [0, 0.1) is 17.1 Å². The Kier molecular flexibility index (Phi) is 5.03. The van der Waals surface area contributed by atoms with Gasteiger partial charge in [-0.15, -0.1) is 0 Å². The molecule has 6 heteroatoms. The summed E-state index contributed by atoms with van der Waals surface area (Å²) in [5, 5.41) is 12.9. The molecule has 0 fully saturated rings. The first-order valence-corrected chi connectivity index (χ1v) is 7.54. The van der Waals surface area contributed by atoms with Crippen LogP contribution in [-0.2, 0) is 0 Å². The summed E-state index contributed by atoms with van der Waals surface area (Å²) in [7, 11) is 0. The van der Waals surface area contributed by atoms with Crippen LogP contribution < -0.4 is 5.32 Å². The summed E-state index contributed by atoms with van der Waals surface area (Å²) in [5.41, 5.74) is 1.27. The van der Waals surface area contributed by atoms with Gasteiger partial charge in [0.05, 0.1) is 15.6 Å². The van der Waals surface area contributed by atoms with Crippen molar-refractivity contribution in [2.75, 3.05) is 5.32 Å². The number of nitrogens with one attached hydrogen (secondary N) is 1. The molecule has 2 aromatic rings. The summed E-state index contributed by atoms with van der Waals surface area (Å²) >= 11 is 12.3. The van der Waals surface area contributed by atoms with E-state index in [2.05, 4.69) is 43.2 Å². The van der Waals surface area contributed by atoms with E-state index in [1.165, 1.54) is 6.07 Å². The van der Waals surface area contributed by atoms with E-state index in [4.69, 9.17) is 11.6 Å². The second-order valence-electron chi connectivity index (χ2n) is 4.01. The number of rotatable bonds is 3. The van der Waals surface area contributed by atoms with Gasteiger partial charge in [-0.1, -0.05) is 17.7 Å². The molecule has 1 unspecified atom stereocenters. The van der Waals surface area contributed by atoms with Crippen molar-refractivity contribution in [2.45, 2.75) is 6.04 Å². The predicted molar refractivity (Wildman–Crippen MR) is 85.2 cm³/mol. The first-order chi connectivity index (χ1) is 9.51. The number of hydrogen-bond donors (Lipinski definition) is 1. The Morgan fingerprint density at radius 2 is 1.90 bits per heavy atom. The fourth-order valence-corrected chi connectivity index (χ4v) is 2.38. The molecule has 0 amide bonds. The number of halogens is 4. The van der Waals surface area contributed by atoms with Crippen LogP contribution in [0.2, 0.25) is 5.02 Å². The van der Waals surface area contributed by atoms with Crippen LogP contribution in [0.3, 0.4) is 0 Å². The molecule has 0 aliphatic carbocycles. The lowest BCUT2D eigenvalue weighted by molar-refractivity contribution is 0.618.